The summed E-state index contributed by atoms with van der Waals surface area (Å²) in [6.07, 6.45) is 1.79. The molecule has 0 aliphatic carbocycles. The van der Waals surface area contributed by atoms with Gasteiger partial charge in [0.2, 0.25) is 5.91 Å². The monoisotopic (exact) mass is 372 g/mol. The molecule has 1 aliphatic rings. The van der Waals surface area contributed by atoms with E-state index in [1.807, 2.05) is 36.1 Å². The Morgan fingerprint density at radius 3 is 2.42 bits per heavy atom. The van der Waals surface area contributed by atoms with Crippen molar-refractivity contribution >= 4 is 35.0 Å². The first-order chi connectivity index (χ1) is 11.5. The highest BCUT2D eigenvalue weighted by Crippen LogP contribution is 2.16. The van der Waals surface area contributed by atoms with E-state index < -0.39 is 4.84 Å². The summed E-state index contributed by atoms with van der Waals surface area (Å²) in [7, 11) is 0. The fourth-order valence-corrected chi connectivity index (χ4v) is 2.82. The van der Waals surface area contributed by atoms with Crippen LogP contribution in [-0.4, -0.2) is 47.3 Å². The van der Waals surface area contributed by atoms with Crippen LogP contribution in [0.1, 0.15) is 25.3 Å². The van der Waals surface area contributed by atoms with Crippen molar-refractivity contribution in [3.05, 3.63) is 29.8 Å². The van der Waals surface area contributed by atoms with Gasteiger partial charge in [0.25, 0.3) is 5.91 Å². The first-order valence-corrected chi connectivity index (χ1v) is 8.95. The van der Waals surface area contributed by atoms with Gasteiger partial charge in [0.1, 0.15) is 5.75 Å². The highest BCUT2D eigenvalue weighted by Gasteiger charge is 2.25. The number of nitrogens with one attached hydrogen (secondary N) is 1. The fourth-order valence-electron chi connectivity index (χ4n) is 2.69. The number of ether oxygens (including phenoxy) is 1. The Bertz CT molecular complexity index is 555. The molecule has 1 saturated heterocycles. The lowest BCUT2D eigenvalue weighted by molar-refractivity contribution is -0.131. The van der Waals surface area contributed by atoms with Crippen molar-refractivity contribution < 1.29 is 14.3 Å². The van der Waals surface area contributed by atoms with Crippen molar-refractivity contribution in [1.29, 1.82) is 0 Å². The van der Waals surface area contributed by atoms with Crippen LogP contribution in [0.4, 0.5) is 0 Å². The summed E-state index contributed by atoms with van der Waals surface area (Å²) < 4.78 is 5.39. The number of carbonyl (C=O) groups excluding carboxylic acids is 2. The zero-order chi connectivity index (χ0) is 17.5. The Morgan fingerprint density at radius 2 is 1.88 bits per heavy atom. The predicted molar refractivity (Wildman–Crippen MR) is 94.6 cm³/mol. The maximum Gasteiger partial charge on any atom is 0.253 e. The van der Waals surface area contributed by atoms with E-state index in [-0.39, 0.29) is 17.9 Å². The number of likely N-dealkylation sites (tertiary alicyclic amines) is 1. The normalized spacial score (nSPS) is 15.4. The van der Waals surface area contributed by atoms with Crippen LogP contribution >= 0.6 is 23.2 Å². The van der Waals surface area contributed by atoms with Crippen LogP contribution < -0.4 is 10.1 Å². The molecule has 1 aromatic rings. The average molecular weight is 373 g/mol. The van der Waals surface area contributed by atoms with Gasteiger partial charge in [0.15, 0.2) is 4.84 Å². The lowest BCUT2D eigenvalue weighted by Gasteiger charge is -2.32. The second-order valence-corrected chi connectivity index (χ2v) is 6.81. The van der Waals surface area contributed by atoms with Gasteiger partial charge in [-0.15, -0.1) is 0 Å². The van der Waals surface area contributed by atoms with Gasteiger partial charge in [0, 0.05) is 19.1 Å². The van der Waals surface area contributed by atoms with Crippen molar-refractivity contribution in [2.75, 3.05) is 19.7 Å². The summed E-state index contributed by atoms with van der Waals surface area (Å²) in [4.78, 5) is 24.6. The average Bonchev–Trinajstić information content (AvgIpc) is 2.57. The van der Waals surface area contributed by atoms with E-state index in [0.29, 0.717) is 39.0 Å². The molecule has 0 atom stereocenters. The smallest absolute Gasteiger partial charge is 0.253 e. The molecule has 0 bridgehead atoms. The molecule has 0 aromatic heterocycles. The Labute approximate surface area is 152 Å². The third-order valence-electron chi connectivity index (χ3n) is 3.98. The molecular formula is C17H22Cl2N2O3. The SMILES string of the molecule is CCOc1ccc(CC(=O)N2CCC(NC(=O)C(Cl)Cl)CC2)cc1. The van der Waals surface area contributed by atoms with Crippen LogP contribution in [0, 0.1) is 0 Å². The van der Waals surface area contributed by atoms with Crippen LogP contribution in [0.2, 0.25) is 0 Å². The van der Waals surface area contributed by atoms with Crippen molar-refractivity contribution in [2.24, 2.45) is 0 Å². The van der Waals surface area contributed by atoms with E-state index >= 15 is 0 Å². The second-order valence-electron chi connectivity index (χ2n) is 5.72. The first kappa shape index (κ1) is 18.9. The lowest BCUT2D eigenvalue weighted by Crippen LogP contribution is -2.47. The summed E-state index contributed by atoms with van der Waals surface area (Å²) >= 11 is 11.1. The van der Waals surface area contributed by atoms with Gasteiger partial charge in [-0.2, -0.15) is 0 Å². The van der Waals surface area contributed by atoms with Crippen molar-refractivity contribution in [2.45, 2.75) is 37.1 Å². The molecule has 1 fully saturated rings. The molecule has 1 heterocycles. The molecule has 0 unspecified atom stereocenters. The number of hydrogen-bond donors (Lipinski definition) is 1. The quantitative estimate of drug-likeness (QED) is 0.780. The first-order valence-electron chi connectivity index (χ1n) is 8.07. The highest BCUT2D eigenvalue weighted by atomic mass is 35.5. The lowest BCUT2D eigenvalue weighted by atomic mass is 10.0. The van der Waals surface area contributed by atoms with Crippen molar-refractivity contribution in [1.82, 2.24) is 10.2 Å². The van der Waals surface area contributed by atoms with E-state index in [2.05, 4.69) is 5.32 Å². The van der Waals surface area contributed by atoms with E-state index in [4.69, 9.17) is 27.9 Å². The molecule has 0 saturated carbocycles. The largest absolute Gasteiger partial charge is 0.494 e. The zero-order valence-corrected chi connectivity index (χ0v) is 15.1. The molecule has 1 aromatic carbocycles. The van der Waals surface area contributed by atoms with Crippen LogP contribution in [0.25, 0.3) is 0 Å². The molecule has 5 nitrogen and oxygen atoms in total. The summed E-state index contributed by atoms with van der Waals surface area (Å²) in [6, 6.07) is 7.60. The predicted octanol–water partition coefficient (Wildman–Crippen LogP) is 2.54. The maximum atomic E-state index is 12.4. The standard InChI is InChI=1S/C17H22Cl2N2O3/c1-2-24-14-5-3-12(4-6-14)11-15(22)21-9-7-13(8-10-21)20-17(23)16(18)19/h3-6,13,16H,2,7-11H2,1H3,(H,20,23). The molecular weight excluding hydrogens is 351 g/mol. The summed E-state index contributed by atoms with van der Waals surface area (Å²) in [5.41, 5.74) is 0.964. The number of hydrogen-bond acceptors (Lipinski definition) is 3. The molecule has 1 aliphatic heterocycles. The van der Waals surface area contributed by atoms with Gasteiger partial charge in [0.05, 0.1) is 13.0 Å². The number of benzene rings is 1. The van der Waals surface area contributed by atoms with Crippen molar-refractivity contribution in [3.63, 3.8) is 0 Å². The third kappa shape index (κ3) is 5.56. The molecule has 7 heteroatoms. The number of carbonyl (C=O) groups is 2. The number of piperidine rings is 1. The number of nitrogens with zero attached hydrogens (tertiary/aromatic N) is 1. The topological polar surface area (TPSA) is 58.6 Å². The van der Waals surface area contributed by atoms with Crippen LogP contribution in [0.15, 0.2) is 24.3 Å². The molecule has 24 heavy (non-hydrogen) atoms. The van der Waals surface area contributed by atoms with Gasteiger partial charge in [-0.1, -0.05) is 35.3 Å². The molecule has 2 rings (SSSR count). The van der Waals surface area contributed by atoms with Crippen LogP contribution in [0.5, 0.6) is 5.75 Å². The minimum atomic E-state index is -1.05. The number of halogens is 2. The molecule has 0 radical (unpaired) electrons. The summed E-state index contributed by atoms with van der Waals surface area (Å²) in [5, 5.41) is 2.79. The van der Waals surface area contributed by atoms with Crippen LogP contribution in [-0.2, 0) is 16.0 Å². The molecule has 2 amide bonds. The van der Waals surface area contributed by atoms with E-state index in [9.17, 15) is 9.59 Å². The van der Waals surface area contributed by atoms with Gasteiger partial charge in [-0.05, 0) is 37.5 Å². The summed E-state index contributed by atoms with van der Waals surface area (Å²) in [5.74, 6) is 0.524. The number of alkyl halides is 2. The van der Waals surface area contributed by atoms with Gasteiger partial charge >= 0.3 is 0 Å². The number of rotatable bonds is 6. The van der Waals surface area contributed by atoms with E-state index in [1.54, 1.807) is 0 Å². The minimum Gasteiger partial charge on any atom is -0.494 e. The third-order valence-corrected chi connectivity index (χ3v) is 4.38. The molecule has 0 spiro atoms. The highest BCUT2D eigenvalue weighted by molar-refractivity contribution is 6.53. The Morgan fingerprint density at radius 1 is 1.25 bits per heavy atom. The van der Waals surface area contributed by atoms with Gasteiger partial charge in [-0.3, -0.25) is 9.59 Å². The van der Waals surface area contributed by atoms with Gasteiger partial charge < -0.3 is 15.0 Å². The van der Waals surface area contributed by atoms with Crippen LogP contribution in [0.3, 0.4) is 0 Å². The Balaban J connectivity index is 1.79. The fraction of sp³-hybridized carbons (Fsp3) is 0.529. The molecule has 132 valence electrons. The molecule has 1 N–H and O–H groups in total. The van der Waals surface area contributed by atoms with Crippen molar-refractivity contribution in [3.8, 4) is 5.75 Å². The minimum absolute atomic E-state index is 0.0204. The zero-order valence-electron chi connectivity index (χ0n) is 13.6. The maximum absolute atomic E-state index is 12.4. The Kier molecular flexibility index (Phi) is 7.18. The van der Waals surface area contributed by atoms with E-state index in [1.165, 1.54) is 0 Å². The second kappa shape index (κ2) is 9.14. The number of amides is 2. The summed E-state index contributed by atoms with van der Waals surface area (Å²) in [6.45, 7) is 3.80. The Hall–Kier alpha value is -1.46. The van der Waals surface area contributed by atoms with E-state index in [0.717, 1.165) is 11.3 Å². The van der Waals surface area contributed by atoms with Gasteiger partial charge in [-0.25, -0.2) is 0 Å².